The molecule has 94 valence electrons. The molecule has 0 aliphatic carbocycles. The standard InChI is InChI=1S/C13H20N2O2/c1-10-4-5-11(7-15-10)6-14-8-12-9-16-13(2,3)17-12/h4-5,7,12,14H,6,8-9H2,1-3H3. The molecule has 2 rings (SSSR count). The van der Waals surface area contributed by atoms with Crippen LogP contribution < -0.4 is 5.32 Å². The molecule has 2 heterocycles. The minimum Gasteiger partial charge on any atom is -0.348 e. The molecule has 4 heteroatoms. The summed E-state index contributed by atoms with van der Waals surface area (Å²) in [6, 6.07) is 4.11. The molecule has 0 radical (unpaired) electrons. The molecule has 0 bridgehead atoms. The molecule has 17 heavy (non-hydrogen) atoms. The average Bonchev–Trinajstić information content (AvgIpc) is 2.61. The average molecular weight is 236 g/mol. The lowest BCUT2D eigenvalue weighted by atomic mass is 10.2. The first-order valence-corrected chi connectivity index (χ1v) is 5.99. The van der Waals surface area contributed by atoms with Crippen molar-refractivity contribution in [1.29, 1.82) is 0 Å². The van der Waals surface area contributed by atoms with Crippen molar-refractivity contribution in [2.45, 2.75) is 39.2 Å². The number of aryl methyl sites for hydroxylation is 1. The Balaban J connectivity index is 1.71. The third-order valence-electron chi connectivity index (χ3n) is 2.74. The number of aromatic nitrogens is 1. The summed E-state index contributed by atoms with van der Waals surface area (Å²) in [7, 11) is 0. The SMILES string of the molecule is Cc1ccc(CNCC2COC(C)(C)O2)cn1. The van der Waals surface area contributed by atoms with Gasteiger partial charge in [0.25, 0.3) is 0 Å². The van der Waals surface area contributed by atoms with E-state index in [0.29, 0.717) is 6.61 Å². The van der Waals surface area contributed by atoms with Gasteiger partial charge in [-0.3, -0.25) is 4.98 Å². The van der Waals surface area contributed by atoms with E-state index < -0.39 is 5.79 Å². The number of hydrogen-bond donors (Lipinski definition) is 1. The molecule has 0 aromatic carbocycles. The van der Waals surface area contributed by atoms with Gasteiger partial charge in [-0.25, -0.2) is 0 Å². The van der Waals surface area contributed by atoms with E-state index in [4.69, 9.17) is 9.47 Å². The smallest absolute Gasteiger partial charge is 0.163 e. The first-order chi connectivity index (χ1) is 8.05. The molecule has 0 saturated carbocycles. The predicted molar refractivity (Wildman–Crippen MR) is 65.6 cm³/mol. The van der Waals surface area contributed by atoms with Crippen molar-refractivity contribution in [3.8, 4) is 0 Å². The van der Waals surface area contributed by atoms with Gasteiger partial charge < -0.3 is 14.8 Å². The summed E-state index contributed by atoms with van der Waals surface area (Å²) in [5, 5.41) is 3.36. The highest BCUT2D eigenvalue weighted by atomic mass is 16.7. The van der Waals surface area contributed by atoms with E-state index in [9.17, 15) is 0 Å². The van der Waals surface area contributed by atoms with Gasteiger partial charge in [-0.15, -0.1) is 0 Å². The normalized spacial score (nSPS) is 22.9. The number of hydrogen-bond acceptors (Lipinski definition) is 4. The zero-order valence-electron chi connectivity index (χ0n) is 10.7. The fraction of sp³-hybridized carbons (Fsp3) is 0.615. The number of ether oxygens (including phenoxy) is 2. The second-order valence-electron chi connectivity index (χ2n) is 4.89. The highest BCUT2D eigenvalue weighted by Crippen LogP contribution is 2.21. The largest absolute Gasteiger partial charge is 0.348 e. The highest BCUT2D eigenvalue weighted by molar-refractivity contribution is 5.12. The van der Waals surface area contributed by atoms with Crippen LogP contribution in [0.15, 0.2) is 18.3 Å². The van der Waals surface area contributed by atoms with Gasteiger partial charge in [0.05, 0.1) is 12.7 Å². The second-order valence-corrected chi connectivity index (χ2v) is 4.89. The molecule has 4 nitrogen and oxygen atoms in total. The molecule has 0 spiro atoms. The first-order valence-electron chi connectivity index (χ1n) is 5.99. The van der Waals surface area contributed by atoms with Crippen molar-refractivity contribution >= 4 is 0 Å². The van der Waals surface area contributed by atoms with Crippen molar-refractivity contribution in [3.05, 3.63) is 29.6 Å². The van der Waals surface area contributed by atoms with Gasteiger partial charge in [0.15, 0.2) is 5.79 Å². The van der Waals surface area contributed by atoms with E-state index >= 15 is 0 Å². The Morgan fingerprint density at radius 2 is 2.29 bits per heavy atom. The van der Waals surface area contributed by atoms with Crippen LogP contribution in [-0.4, -0.2) is 30.0 Å². The van der Waals surface area contributed by atoms with E-state index in [1.165, 1.54) is 5.56 Å². The van der Waals surface area contributed by atoms with Gasteiger partial charge in [0.1, 0.15) is 0 Å². The maximum Gasteiger partial charge on any atom is 0.163 e. The molecule has 1 unspecified atom stereocenters. The molecule has 1 N–H and O–H groups in total. The fourth-order valence-electron chi connectivity index (χ4n) is 1.84. The van der Waals surface area contributed by atoms with Crippen LogP contribution in [0.5, 0.6) is 0 Å². The molecule has 1 saturated heterocycles. The lowest BCUT2D eigenvalue weighted by Crippen LogP contribution is -2.30. The van der Waals surface area contributed by atoms with Gasteiger partial charge >= 0.3 is 0 Å². The third-order valence-corrected chi connectivity index (χ3v) is 2.74. The van der Waals surface area contributed by atoms with E-state index in [1.807, 2.05) is 33.0 Å². The molecule has 1 aromatic rings. The van der Waals surface area contributed by atoms with Crippen LogP contribution in [0.1, 0.15) is 25.1 Å². The third kappa shape index (κ3) is 3.77. The molecule has 1 aliphatic heterocycles. The lowest BCUT2D eigenvalue weighted by molar-refractivity contribution is -0.137. The monoisotopic (exact) mass is 236 g/mol. The Morgan fingerprint density at radius 3 is 2.88 bits per heavy atom. The second kappa shape index (κ2) is 5.12. The number of pyridine rings is 1. The molecule has 1 atom stereocenters. The van der Waals surface area contributed by atoms with Crippen molar-refractivity contribution < 1.29 is 9.47 Å². The number of nitrogens with zero attached hydrogens (tertiary/aromatic N) is 1. The molecule has 0 amide bonds. The van der Waals surface area contributed by atoms with Crippen LogP contribution in [0.4, 0.5) is 0 Å². The molecular formula is C13H20N2O2. The van der Waals surface area contributed by atoms with Crippen LogP contribution in [-0.2, 0) is 16.0 Å². The molecule has 1 aromatic heterocycles. The first kappa shape index (κ1) is 12.5. The van der Waals surface area contributed by atoms with E-state index in [2.05, 4.69) is 16.4 Å². The number of rotatable bonds is 4. The Bertz CT molecular complexity index is 362. The van der Waals surface area contributed by atoms with Crippen molar-refractivity contribution in [2.24, 2.45) is 0 Å². The summed E-state index contributed by atoms with van der Waals surface area (Å²) in [6.07, 6.45) is 2.04. The predicted octanol–water partition coefficient (Wildman–Crippen LogP) is 1.63. The van der Waals surface area contributed by atoms with Gasteiger partial charge in [0.2, 0.25) is 0 Å². The van der Waals surface area contributed by atoms with E-state index in [-0.39, 0.29) is 6.10 Å². The maximum absolute atomic E-state index is 5.71. The number of nitrogens with one attached hydrogen (secondary N) is 1. The maximum atomic E-state index is 5.71. The van der Waals surface area contributed by atoms with Gasteiger partial charge in [-0.1, -0.05) is 6.07 Å². The quantitative estimate of drug-likeness (QED) is 0.863. The summed E-state index contributed by atoms with van der Waals surface area (Å²) in [5.74, 6) is -0.433. The summed E-state index contributed by atoms with van der Waals surface area (Å²) in [6.45, 7) is 8.15. The van der Waals surface area contributed by atoms with Gasteiger partial charge in [-0.2, -0.15) is 0 Å². The van der Waals surface area contributed by atoms with E-state index in [1.54, 1.807) is 0 Å². The van der Waals surface area contributed by atoms with Crippen LogP contribution >= 0.6 is 0 Å². The van der Waals surface area contributed by atoms with Gasteiger partial charge in [-0.05, 0) is 32.4 Å². The Hall–Kier alpha value is -0.970. The topological polar surface area (TPSA) is 43.4 Å². The summed E-state index contributed by atoms with van der Waals surface area (Å²) >= 11 is 0. The van der Waals surface area contributed by atoms with Crippen molar-refractivity contribution in [3.63, 3.8) is 0 Å². The Morgan fingerprint density at radius 1 is 1.47 bits per heavy atom. The van der Waals surface area contributed by atoms with Crippen LogP contribution in [0.3, 0.4) is 0 Å². The summed E-state index contributed by atoms with van der Waals surface area (Å²) in [5.41, 5.74) is 2.23. The summed E-state index contributed by atoms with van der Waals surface area (Å²) in [4.78, 5) is 4.26. The van der Waals surface area contributed by atoms with Crippen molar-refractivity contribution in [2.75, 3.05) is 13.2 Å². The van der Waals surface area contributed by atoms with Crippen LogP contribution in [0, 0.1) is 6.92 Å². The van der Waals surface area contributed by atoms with Gasteiger partial charge in [0, 0.05) is 25.0 Å². The lowest BCUT2D eigenvalue weighted by Gasteiger charge is -2.17. The molecular weight excluding hydrogens is 216 g/mol. The fourth-order valence-corrected chi connectivity index (χ4v) is 1.84. The van der Waals surface area contributed by atoms with Crippen LogP contribution in [0.2, 0.25) is 0 Å². The Kier molecular flexibility index (Phi) is 3.76. The van der Waals surface area contributed by atoms with Crippen LogP contribution in [0.25, 0.3) is 0 Å². The van der Waals surface area contributed by atoms with Crippen molar-refractivity contribution in [1.82, 2.24) is 10.3 Å². The molecule has 1 fully saturated rings. The minimum absolute atomic E-state index is 0.142. The summed E-state index contributed by atoms with van der Waals surface area (Å²) < 4.78 is 11.2. The molecule has 1 aliphatic rings. The zero-order valence-corrected chi connectivity index (χ0v) is 10.7. The van der Waals surface area contributed by atoms with E-state index in [0.717, 1.165) is 18.8 Å². The zero-order chi connectivity index (χ0) is 12.3. The minimum atomic E-state index is -0.433. The highest BCUT2D eigenvalue weighted by Gasteiger charge is 2.32. The Labute approximate surface area is 102 Å².